The fraction of sp³-hybridized carbons (Fsp3) is 0.762. The van der Waals surface area contributed by atoms with Crippen LogP contribution in [0.25, 0.3) is 0 Å². The molecule has 4 atom stereocenters. The van der Waals surface area contributed by atoms with Crippen LogP contribution >= 0.6 is 35.3 Å². The van der Waals surface area contributed by atoms with Gasteiger partial charge in [0, 0.05) is 58.4 Å². The molecule has 1 aromatic heterocycles. The molecule has 2 N–H and O–H groups in total. The Balaban J connectivity index is 0.00000300. The van der Waals surface area contributed by atoms with E-state index in [-0.39, 0.29) is 24.0 Å². The van der Waals surface area contributed by atoms with Crippen molar-refractivity contribution < 1.29 is 4.21 Å². The summed E-state index contributed by atoms with van der Waals surface area (Å²) in [7, 11) is -0.688. The second kappa shape index (κ2) is 12.6. The van der Waals surface area contributed by atoms with E-state index in [9.17, 15) is 4.21 Å². The van der Waals surface area contributed by atoms with Gasteiger partial charge in [0.25, 0.3) is 0 Å². The summed E-state index contributed by atoms with van der Waals surface area (Å²) < 4.78 is 12.2. The van der Waals surface area contributed by atoms with E-state index in [1.165, 1.54) is 5.56 Å². The van der Waals surface area contributed by atoms with Gasteiger partial charge < -0.3 is 10.6 Å². The Morgan fingerprint density at radius 1 is 1.41 bits per heavy atom. The second-order valence-corrected chi connectivity index (χ2v) is 11.0. The molecule has 0 aromatic carbocycles. The summed E-state index contributed by atoms with van der Waals surface area (Å²) in [6.45, 7) is 10.3. The number of nitrogens with zero attached hydrogens (tertiary/aromatic N) is 2. The van der Waals surface area contributed by atoms with Crippen molar-refractivity contribution in [3.63, 3.8) is 0 Å². The molecule has 4 unspecified atom stereocenters. The number of guanidine groups is 1. The number of hydrogen-bond acceptors (Lipinski definition) is 4. The summed E-state index contributed by atoms with van der Waals surface area (Å²) in [5.74, 6) is 1.68. The van der Waals surface area contributed by atoms with Crippen LogP contribution in [0.4, 0.5) is 0 Å². The zero-order valence-electron chi connectivity index (χ0n) is 18.0. The summed E-state index contributed by atoms with van der Waals surface area (Å²) >= 11 is 1.89. The Morgan fingerprint density at radius 2 is 2.24 bits per heavy atom. The maximum Gasteiger partial charge on any atom is 0.191 e. The molecule has 0 spiro atoms. The van der Waals surface area contributed by atoms with E-state index >= 15 is 0 Å². The first-order valence-electron chi connectivity index (χ1n) is 10.8. The molecule has 166 valence electrons. The molecule has 8 heteroatoms. The van der Waals surface area contributed by atoms with Gasteiger partial charge in [-0.05, 0) is 56.5 Å². The Hall–Kier alpha value is -0.190. The topological polar surface area (TPSA) is 56.7 Å². The average molecular weight is 553 g/mol. The summed E-state index contributed by atoms with van der Waals surface area (Å²) in [4.78, 5) is 8.99. The molecule has 0 bridgehead atoms. The molecule has 2 aliphatic rings. The molecular formula is C21H37IN4OS2. The molecule has 3 rings (SSSR count). The number of thiophene rings is 1. The molecule has 2 heterocycles. The van der Waals surface area contributed by atoms with Gasteiger partial charge in [0.2, 0.25) is 0 Å². The van der Waals surface area contributed by atoms with Gasteiger partial charge in [-0.1, -0.05) is 13.3 Å². The lowest BCUT2D eigenvalue weighted by molar-refractivity contribution is 0.197. The van der Waals surface area contributed by atoms with E-state index in [2.05, 4.69) is 40.8 Å². The lowest BCUT2D eigenvalue weighted by Crippen LogP contribution is -2.47. The Labute approximate surface area is 200 Å². The molecular weight excluding hydrogens is 515 g/mol. The minimum atomic E-state index is -0.688. The number of nitrogens with one attached hydrogen (secondary N) is 2. The fourth-order valence-electron chi connectivity index (χ4n) is 4.25. The first kappa shape index (κ1) is 25.1. The Morgan fingerprint density at radius 3 is 3.00 bits per heavy atom. The highest BCUT2D eigenvalue weighted by Gasteiger charge is 2.26. The number of halogens is 1. The minimum absolute atomic E-state index is 0. The second-order valence-electron chi connectivity index (χ2n) is 7.96. The first-order chi connectivity index (χ1) is 13.6. The van der Waals surface area contributed by atoms with Crippen molar-refractivity contribution in [1.82, 2.24) is 15.5 Å². The highest BCUT2D eigenvalue weighted by molar-refractivity contribution is 14.0. The van der Waals surface area contributed by atoms with Crippen LogP contribution in [0.15, 0.2) is 16.4 Å². The van der Waals surface area contributed by atoms with Crippen LogP contribution in [0.1, 0.15) is 56.9 Å². The SMILES string of the molecule is CCNC(=NCC(C)N1CCc2sccc2C1)NC1CCCC(S(=O)CC)C1.I. The molecule has 1 aliphatic heterocycles. The largest absolute Gasteiger partial charge is 0.357 e. The van der Waals surface area contributed by atoms with Gasteiger partial charge in [-0.25, -0.2) is 0 Å². The smallest absolute Gasteiger partial charge is 0.191 e. The average Bonchev–Trinajstić information content (AvgIpc) is 3.19. The Kier molecular flexibility index (Phi) is 10.9. The van der Waals surface area contributed by atoms with Crippen LogP contribution in [0.5, 0.6) is 0 Å². The summed E-state index contributed by atoms with van der Waals surface area (Å²) in [6.07, 6.45) is 5.55. The van der Waals surface area contributed by atoms with Crippen LogP contribution in [0, 0.1) is 0 Å². The van der Waals surface area contributed by atoms with Crippen molar-refractivity contribution in [1.29, 1.82) is 0 Å². The van der Waals surface area contributed by atoms with Crippen LogP contribution in [-0.4, -0.2) is 57.8 Å². The van der Waals surface area contributed by atoms with Gasteiger partial charge in [-0.3, -0.25) is 14.1 Å². The minimum Gasteiger partial charge on any atom is -0.357 e. The van der Waals surface area contributed by atoms with Gasteiger partial charge >= 0.3 is 0 Å². The van der Waals surface area contributed by atoms with Crippen LogP contribution in [-0.2, 0) is 23.8 Å². The maximum absolute atomic E-state index is 12.2. The Bertz CT molecular complexity index is 681. The standard InChI is InChI=1S/C21H36N4OS2.HI/c1-4-22-21(24-18-7-6-8-19(13-18)28(26)5-2)23-14-16(3)25-11-9-20-17(15-25)10-12-27-20;/h10,12,16,18-19H,4-9,11,13-15H2,1-3H3,(H2,22,23,24);1H. The van der Waals surface area contributed by atoms with Crippen molar-refractivity contribution in [2.75, 3.05) is 25.4 Å². The van der Waals surface area contributed by atoms with Crippen LogP contribution < -0.4 is 10.6 Å². The van der Waals surface area contributed by atoms with Crippen LogP contribution in [0.2, 0.25) is 0 Å². The molecule has 0 radical (unpaired) electrons. The van der Waals surface area contributed by atoms with Crippen molar-refractivity contribution in [2.45, 2.75) is 76.8 Å². The first-order valence-corrected chi connectivity index (χ1v) is 13.1. The highest BCUT2D eigenvalue weighted by atomic mass is 127. The molecule has 5 nitrogen and oxygen atoms in total. The summed E-state index contributed by atoms with van der Waals surface area (Å²) in [5.41, 5.74) is 1.49. The van der Waals surface area contributed by atoms with Crippen molar-refractivity contribution in [3.05, 3.63) is 21.9 Å². The molecule has 1 saturated carbocycles. The fourth-order valence-corrected chi connectivity index (χ4v) is 6.49. The molecule has 0 amide bonds. The monoisotopic (exact) mass is 552 g/mol. The predicted molar refractivity (Wildman–Crippen MR) is 137 cm³/mol. The molecule has 1 aliphatic carbocycles. The zero-order chi connectivity index (χ0) is 19.9. The molecule has 1 fully saturated rings. The summed E-state index contributed by atoms with van der Waals surface area (Å²) in [5, 5.41) is 9.58. The van der Waals surface area contributed by atoms with Crippen LogP contribution in [0.3, 0.4) is 0 Å². The van der Waals surface area contributed by atoms with Gasteiger partial charge in [0.15, 0.2) is 5.96 Å². The van der Waals surface area contributed by atoms with Crippen molar-refractivity contribution in [2.24, 2.45) is 4.99 Å². The van der Waals surface area contributed by atoms with Crippen molar-refractivity contribution >= 4 is 52.1 Å². The third kappa shape index (κ3) is 7.18. The van der Waals surface area contributed by atoms with Gasteiger partial charge in [-0.15, -0.1) is 35.3 Å². The number of fused-ring (bicyclic) bond motifs is 1. The molecule has 29 heavy (non-hydrogen) atoms. The predicted octanol–water partition coefficient (Wildman–Crippen LogP) is 3.75. The zero-order valence-corrected chi connectivity index (χ0v) is 21.9. The van der Waals surface area contributed by atoms with E-state index in [1.54, 1.807) is 4.88 Å². The quantitative estimate of drug-likeness (QED) is 0.308. The lowest BCUT2D eigenvalue weighted by atomic mass is 9.95. The van der Waals surface area contributed by atoms with Gasteiger partial charge in [-0.2, -0.15) is 0 Å². The van der Waals surface area contributed by atoms with E-state index in [0.717, 1.165) is 70.0 Å². The molecule has 1 aromatic rings. The third-order valence-corrected chi connectivity index (χ3v) is 8.71. The normalized spacial score (nSPS) is 24.9. The van der Waals surface area contributed by atoms with E-state index in [1.807, 2.05) is 18.3 Å². The number of rotatable bonds is 7. The van der Waals surface area contributed by atoms with E-state index < -0.39 is 10.8 Å². The summed E-state index contributed by atoms with van der Waals surface area (Å²) in [6, 6.07) is 3.08. The van der Waals surface area contributed by atoms with Gasteiger partial charge in [0.05, 0.1) is 6.54 Å². The van der Waals surface area contributed by atoms with Crippen molar-refractivity contribution in [3.8, 4) is 0 Å². The number of hydrogen-bond donors (Lipinski definition) is 2. The molecule has 0 saturated heterocycles. The van der Waals surface area contributed by atoms with E-state index in [0.29, 0.717) is 17.3 Å². The van der Waals surface area contributed by atoms with Gasteiger partial charge in [0.1, 0.15) is 0 Å². The lowest BCUT2D eigenvalue weighted by Gasteiger charge is -2.32. The van der Waals surface area contributed by atoms with E-state index in [4.69, 9.17) is 4.99 Å². The number of aliphatic imine (C=N–C) groups is 1. The highest BCUT2D eigenvalue weighted by Crippen LogP contribution is 2.25. The third-order valence-electron chi connectivity index (χ3n) is 5.94. The maximum atomic E-state index is 12.2.